The first-order valence-electron chi connectivity index (χ1n) is 10.8. The van der Waals surface area contributed by atoms with E-state index in [2.05, 4.69) is 5.32 Å². The number of carbonyl (C=O) groups excluding carboxylic acids is 1. The number of benzene rings is 3. The Hall–Kier alpha value is -4.00. The second kappa shape index (κ2) is 9.24. The first kappa shape index (κ1) is 22.2. The maximum Gasteiger partial charge on any atom is 0.336 e. The predicted octanol–water partition coefficient (Wildman–Crippen LogP) is 3.87. The minimum absolute atomic E-state index is 0.194. The van der Waals surface area contributed by atoms with E-state index in [9.17, 15) is 18.8 Å². The van der Waals surface area contributed by atoms with Crippen LogP contribution in [0.25, 0.3) is 16.6 Å². The molecule has 1 unspecified atom stereocenters. The van der Waals surface area contributed by atoms with Crippen LogP contribution in [0.5, 0.6) is 0 Å². The fourth-order valence-electron chi connectivity index (χ4n) is 3.97. The van der Waals surface area contributed by atoms with Crippen LogP contribution < -0.4 is 16.6 Å². The fraction of sp³-hybridized carbons (Fsp3) is 0.192. The van der Waals surface area contributed by atoms with Crippen LogP contribution >= 0.6 is 0 Å². The molecule has 3 aromatic carbocycles. The largest absolute Gasteiger partial charge is 0.350 e. The molecule has 0 fully saturated rings. The Balaban J connectivity index is 1.82. The number of aryl methyl sites for hydroxylation is 1. The van der Waals surface area contributed by atoms with Gasteiger partial charge < -0.3 is 5.32 Å². The van der Waals surface area contributed by atoms with Gasteiger partial charge in [0.1, 0.15) is 11.9 Å². The Bertz CT molecular complexity index is 1440. The van der Waals surface area contributed by atoms with Crippen molar-refractivity contribution in [2.45, 2.75) is 32.9 Å². The molecule has 1 amide bonds. The van der Waals surface area contributed by atoms with Crippen molar-refractivity contribution in [2.75, 3.05) is 0 Å². The van der Waals surface area contributed by atoms with Crippen molar-refractivity contribution in [3.05, 3.63) is 111 Å². The molecule has 0 aliphatic rings. The number of carbonyl (C=O) groups is 1. The molecule has 6 nitrogen and oxygen atoms in total. The van der Waals surface area contributed by atoms with Gasteiger partial charge in [-0.05, 0) is 60.9 Å². The number of amides is 1. The molecule has 0 aliphatic heterocycles. The first-order chi connectivity index (χ1) is 15.9. The van der Waals surface area contributed by atoms with E-state index in [1.54, 1.807) is 54.6 Å². The van der Waals surface area contributed by atoms with E-state index in [0.717, 1.165) is 15.7 Å². The lowest BCUT2D eigenvalue weighted by Crippen LogP contribution is -2.44. The summed E-state index contributed by atoms with van der Waals surface area (Å²) in [6.45, 7) is 3.89. The molecular formula is C26H24FN3O3. The van der Waals surface area contributed by atoms with Gasteiger partial charge in [-0.3, -0.25) is 14.2 Å². The van der Waals surface area contributed by atoms with Crippen LogP contribution in [0.1, 0.15) is 30.5 Å². The van der Waals surface area contributed by atoms with Gasteiger partial charge in [-0.1, -0.05) is 43.3 Å². The minimum Gasteiger partial charge on any atom is -0.350 e. The molecule has 0 radical (unpaired) electrons. The Labute approximate surface area is 189 Å². The number of fused-ring (bicyclic) bond motifs is 1. The van der Waals surface area contributed by atoms with Crippen molar-refractivity contribution in [1.82, 2.24) is 14.5 Å². The molecule has 0 saturated carbocycles. The fourth-order valence-corrected chi connectivity index (χ4v) is 3.97. The van der Waals surface area contributed by atoms with Crippen LogP contribution in [0.4, 0.5) is 4.39 Å². The molecule has 4 aromatic rings. The highest BCUT2D eigenvalue weighted by molar-refractivity contribution is 5.84. The molecule has 0 bridgehead atoms. The minimum atomic E-state index is -0.834. The Morgan fingerprint density at radius 3 is 2.42 bits per heavy atom. The number of aromatic nitrogens is 2. The van der Waals surface area contributed by atoms with Gasteiger partial charge in [0.2, 0.25) is 5.91 Å². The number of hydrogen-bond donors (Lipinski definition) is 1. The number of para-hydroxylation sites is 1. The molecule has 4 rings (SSSR count). The second-order valence-electron chi connectivity index (χ2n) is 7.92. The van der Waals surface area contributed by atoms with Gasteiger partial charge in [0.15, 0.2) is 0 Å². The van der Waals surface area contributed by atoms with Crippen molar-refractivity contribution in [3.63, 3.8) is 0 Å². The smallest absolute Gasteiger partial charge is 0.336 e. The lowest BCUT2D eigenvalue weighted by Gasteiger charge is -2.21. The summed E-state index contributed by atoms with van der Waals surface area (Å²) in [5.41, 5.74) is 1.49. The van der Waals surface area contributed by atoms with E-state index >= 15 is 0 Å². The van der Waals surface area contributed by atoms with E-state index in [-0.39, 0.29) is 18.3 Å². The number of rotatable bonds is 6. The lowest BCUT2D eigenvalue weighted by molar-refractivity contribution is -0.124. The molecule has 0 spiro atoms. The molecule has 0 saturated heterocycles. The van der Waals surface area contributed by atoms with Crippen LogP contribution in [0, 0.1) is 12.7 Å². The molecular weight excluding hydrogens is 421 g/mol. The SMILES string of the molecule is CCC(C(=O)NCc1ccc(F)cc1)n1c(=O)n(-c2cccc(C)c2)c(=O)c2ccccc21. The molecule has 168 valence electrons. The van der Waals surface area contributed by atoms with Gasteiger partial charge in [-0.15, -0.1) is 0 Å². The molecule has 1 aromatic heterocycles. The van der Waals surface area contributed by atoms with E-state index < -0.39 is 17.3 Å². The highest BCUT2D eigenvalue weighted by Crippen LogP contribution is 2.18. The second-order valence-corrected chi connectivity index (χ2v) is 7.92. The molecule has 33 heavy (non-hydrogen) atoms. The number of halogens is 1. The quantitative estimate of drug-likeness (QED) is 0.490. The van der Waals surface area contributed by atoms with E-state index in [4.69, 9.17) is 0 Å². The third kappa shape index (κ3) is 4.35. The van der Waals surface area contributed by atoms with Crippen LogP contribution in [0.3, 0.4) is 0 Å². The molecule has 0 aliphatic carbocycles. The monoisotopic (exact) mass is 445 g/mol. The third-order valence-corrected chi connectivity index (χ3v) is 5.64. The van der Waals surface area contributed by atoms with Gasteiger partial charge in [-0.2, -0.15) is 0 Å². The normalized spacial score (nSPS) is 12.0. The Morgan fingerprint density at radius 2 is 1.73 bits per heavy atom. The van der Waals surface area contributed by atoms with Crippen LogP contribution in [-0.2, 0) is 11.3 Å². The third-order valence-electron chi connectivity index (χ3n) is 5.64. The zero-order chi connectivity index (χ0) is 23.5. The predicted molar refractivity (Wildman–Crippen MR) is 126 cm³/mol. The molecule has 1 atom stereocenters. The van der Waals surface area contributed by atoms with Crippen LogP contribution in [0.2, 0.25) is 0 Å². The van der Waals surface area contributed by atoms with Crippen molar-refractivity contribution < 1.29 is 9.18 Å². The van der Waals surface area contributed by atoms with Gasteiger partial charge in [-0.25, -0.2) is 13.8 Å². The van der Waals surface area contributed by atoms with Crippen molar-refractivity contribution >= 4 is 16.8 Å². The van der Waals surface area contributed by atoms with Gasteiger partial charge in [0.05, 0.1) is 16.6 Å². The zero-order valence-electron chi connectivity index (χ0n) is 18.4. The summed E-state index contributed by atoms with van der Waals surface area (Å²) >= 11 is 0. The summed E-state index contributed by atoms with van der Waals surface area (Å²) in [4.78, 5) is 40.1. The molecule has 1 N–H and O–H groups in total. The standard InChI is InChI=1S/C26H24FN3O3/c1-3-22(24(31)28-16-18-11-13-19(27)14-12-18)30-23-10-5-4-9-21(23)25(32)29(26(30)33)20-8-6-7-17(2)15-20/h4-15,22H,3,16H2,1-2H3,(H,28,31). The molecule has 1 heterocycles. The summed E-state index contributed by atoms with van der Waals surface area (Å²) in [6, 6.07) is 18.9. The summed E-state index contributed by atoms with van der Waals surface area (Å²) in [6.07, 6.45) is 0.338. The lowest BCUT2D eigenvalue weighted by atomic mass is 10.1. The maximum absolute atomic E-state index is 13.6. The van der Waals surface area contributed by atoms with Gasteiger partial charge in [0, 0.05) is 6.54 Å². The highest BCUT2D eigenvalue weighted by Gasteiger charge is 2.25. The summed E-state index contributed by atoms with van der Waals surface area (Å²) in [7, 11) is 0. The van der Waals surface area contributed by atoms with Crippen molar-refractivity contribution in [2.24, 2.45) is 0 Å². The average Bonchev–Trinajstić information content (AvgIpc) is 2.81. The topological polar surface area (TPSA) is 73.1 Å². The summed E-state index contributed by atoms with van der Waals surface area (Å²) < 4.78 is 15.7. The first-order valence-corrected chi connectivity index (χ1v) is 10.8. The van der Waals surface area contributed by atoms with Gasteiger partial charge in [0.25, 0.3) is 5.56 Å². The average molecular weight is 445 g/mol. The van der Waals surface area contributed by atoms with E-state index in [1.807, 2.05) is 19.9 Å². The number of hydrogen-bond acceptors (Lipinski definition) is 3. The number of nitrogens with one attached hydrogen (secondary N) is 1. The Kier molecular flexibility index (Phi) is 6.22. The number of nitrogens with zero attached hydrogens (tertiary/aromatic N) is 2. The van der Waals surface area contributed by atoms with E-state index in [1.165, 1.54) is 16.7 Å². The Morgan fingerprint density at radius 1 is 1.00 bits per heavy atom. The van der Waals surface area contributed by atoms with Crippen LogP contribution in [0.15, 0.2) is 82.4 Å². The van der Waals surface area contributed by atoms with Crippen LogP contribution in [-0.4, -0.2) is 15.0 Å². The van der Waals surface area contributed by atoms with Crippen molar-refractivity contribution in [1.29, 1.82) is 0 Å². The molecule has 7 heteroatoms. The summed E-state index contributed by atoms with van der Waals surface area (Å²) in [5.74, 6) is -0.712. The summed E-state index contributed by atoms with van der Waals surface area (Å²) in [5, 5.41) is 3.18. The van der Waals surface area contributed by atoms with Crippen molar-refractivity contribution in [3.8, 4) is 5.69 Å². The zero-order valence-corrected chi connectivity index (χ0v) is 18.4. The highest BCUT2D eigenvalue weighted by atomic mass is 19.1. The maximum atomic E-state index is 13.6. The van der Waals surface area contributed by atoms with E-state index in [0.29, 0.717) is 23.0 Å². The van der Waals surface area contributed by atoms with Gasteiger partial charge >= 0.3 is 5.69 Å².